The average molecular weight is 412 g/mol. The summed E-state index contributed by atoms with van der Waals surface area (Å²) in [6.45, 7) is 0. The zero-order chi connectivity index (χ0) is 16.4. The topological polar surface area (TPSA) is 63.1 Å². The van der Waals surface area contributed by atoms with Crippen LogP contribution >= 0.6 is 0 Å². The minimum atomic E-state index is -1.27. The molecular formula is C17H9F2N2O2Ru. The van der Waals surface area contributed by atoms with Crippen LogP contribution in [0.15, 0.2) is 48.8 Å². The first kappa shape index (κ1) is 17.8. The molecule has 24 heavy (non-hydrogen) atoms. The molecule has 0 spiro atoms. The van der Waals surface area contributed by atoms with Crippen molar-refractivity contribution in [2.24, 2.45) is 0 Å². The molecule has 1 aromatic carbocycles. The minimum Gasteiger partial charge on any atom is -0.519 e. The quantitative estimate of drug-likeness (QED) is 0.528. The predicted molar refractivity (Wildman–Crippen MR) is 78.6 cm³/mol. The fourth-order valence-corrected chi connectivity index (χ4v) is 2.21. The molecule has 2 heterocycles. The summed E-state index contributed by atoms with van der Waals surface area (Å²) in [4.78, 5) is 18.7. The van der Waals surface area contributed by atoms with E-state index in [9.17, 15) is 13.6 Å². The molecular weight excluding hydrogens is 403 g/mol. The van der Waals surface area contributed by atoms with Crippen LogP contribution in [0.3, 0.4) is 0 Å². The van der Waals surface area contributed by atoms with E-state index in [0.29, 0.717) is 5.69 Å². The molecule has 3 rings (SSSR count). The first-order chi connectivity index (χ1) is 11.1. The summed E-state index contributed by atoms with van der Waals surface area (Å²) in [7, 11) is 0. The Bertz CT molecular complexity index is 889. The van der Waals surface area contributed by atoms with E-state index in [2.05, 4.69) is 16.0 Å². The van der Waals surface area contributed by atoms with E-state index in [1.54, 1.807) is 18.2 Å². The van der Waals surface area contributed by atoms with Gasteiger partial charge in [0.15, 0.2) is 0 Å². The van der Waals surface area contributed by atoms with Gasteiger partial charge >= 0.3 is 19.5 Å². The Kier molecular flexibility index (Phi) is 5.47. The molecule has 1 radical (unpaired) electrons. The van der Waals surface area contributed by atoms with E-state index in [1.807, 2.05) is 0 Å². The van der Waals surface area contributed by atoms with Gasteiger partial charge in [-0.05, 0) is 18.3 Å². The van der Waals surface area contributed by atoms with E-state index in [-0.39, 0.29) is 41.9 Å². The van der Waals surface area contributed by atoms with Crippen LogP contribution in [0.2, 0.25) is 0 Å². The van der Waals surface area contributed by atoms with Crippen molar-refractivity contribution in [1.82, 2.24) is 9.97 Å². The van der Waals surface area contributed by atoms with Crippen LogP contribution in [0.25, 0.3) is 22.4 Å². The first-order valence-corrected chi connectivity index (χ1v) is 6.58. The number of hydrogen-bond donors (Lipinski definition) is 1. The number of rotatable bonds is 3. The van der Waals surface area contributed by atoms with E-state index < -0.39 is 17.6 Å². The van der Waals surface area contributed by atoms with Crippen LogP contribution in [0.1, 0.15) is 10.5 Å². The Morgan fingerprint density at radius 1 is 1.08 bits per heavy atom. The Labute approximate surface area is 149 Å². The molecule has 7 heteroatoms. The van der Waals surface area contributed by atoms with Crippen molar-refractivity contribution in [1.29, 1.82) is 0 Å². The predicted octanol–water partition coefficient (Wildman–Crippen LogP) is 3.58. The third-order valence-electron chi connectivity index (χ3n) is 3.17. The maximum atomic E-state index is 14.3. The SMILES string of the molecule is O=C(O)c1[c-]c(-c2cc(F)cc(F)c2-c2ccccn2)ccn1.[Ru+]. The first-order valence-electron chi connectivity index (χ1n) is 6.58. The van der Waals surface area contributed by atoms with Gasteiger partial charge in [-0.25, -0.2) is 8.78 Å². The van der Waals surface area contributed by atoms with Gasteiger partial charge in [-0.3, -0.25) is 9.97 Å². The van der Waals surface area contributed by atoms with Gasteiger partial charge in [-0.2, -0.15) is 0 Å². The second-order valence-corrected chi connectivity index (χ2v) is 4.66. The molecule has 0 aliphatic carbocycles. The number of benzene rings is 1. The Morgan fingerprint density at radius 2 is 1.88 bits per heavy atom. The second-order valence-electron chi connectivity index (χ2n) is 4.66. The largest absolute Gasteiger partial charge is 1.00 e. The van der Waals surface area contributed by atoms with Crippen LogP contribution in [0, 0.1) is 17.7 Å². The molecule has 0 aliphatic heterocycles. The van der Waals surface area contributed by atoms with Gasteiger partial charge in [0.2, 0.25) is 0 Å². The molecule has 0 amide bonds. The number of aromatic carboxylic acids is 1. The van der Waals surface area contributed by atoms with Gasteiger partial charge in [0.05, 0.1) is 11.4 Å². The van der Waals surface area contributed by atoms with E-state index in [1.165, 1.54) is 18.5 Å². The number of pyridine rings is 2. The molecule has 4 nitrogen and oxygen atoms in total. The van der Waals surface area contributed by atoms with Gasteiger partial charge in [0.25, 0.3) is 5.97 Å². The number of aromatic nitrogens is 2. The van der Waals surface area contributed by atoms with Crippen LogP contribution in [-0.4, -0.2) is 21.0 Å². The number of halogens is 2. The van der Waals surface area contributed by atoms with Crippen molar-refractivity contribution in [3.05, 3.63) is 72.2 Å². The molecule has 1 N–H and O–H groups in total. The third-order valence-corrected chi connectivity index (χ3v) is 3.17. The number of carboxylic acid groups (broad SMARTS) is 1. The van der Waals surface area contributed by atoms with Crippen molar-refractivity contribution in [3.63, 3.8) is 0 Å². The maximum Gasteiger partial charge on any atom is 1.00 e. The van der Waals surface area contributed by atoms with Gasteiger partial charge in [0, 0.05) is 17.8 Å². The molecule has 2 aromatic heterocycles. The molecule has 0 unspecified atom stereocenters. The molecule has 3 aromatic rings. The van der Waals surface area contributed by atoms with Gasteiger partial charge in [-0.15, -0.1) is 17.7 Å². The molecule has 0 saturated heterocycles. The number of carbonyl (C=O) groups is 1. The van der Waals surface area contributed by atoms with Crippen LogP contribution in [0.5, 0.6) is 0 Å². The zero-order valence-corrected chi connectivity index (χ0v) is 13.7. The van der Waals surface area contributed by atoms with E-state index >= 15 is 0 Å². The summed E-state index contributed by atoms with van der Waals surface area (Å²) in [6.07, 6.45) is 2.74. The molecule has 0 bridgehead atoms. The molecule has 121 valence electrons. The molecule has 0 saturated carbocycles. The summed E-state index contributed by atoms with van der Waals surface area (Å²) < 4.78 is 28.0. The van der Waals surface area contributed by atoms with Crippen LogP contribution < -0.4 is 0 Å². The standard InChI is InChI=1S/C17H9F2N2O2.Ru/c18-11-8-12(10-4-6-21-15(7-10)17(22)23)16(13(19)9-11)14-3-1-2-5-20-14;/h1-6,8-9H,(H,22,23);/q-1;+1. The Balaban J connectivity index is 0.00000208. The summed E-state index contributed by atoms with van der Waals surface area (Å²) >= 11 is 0. The maximum absolute atomic E-state index is 14.3. The monoisotopic (exact) mass is 413 g/mol. The summed E-state index contributed by atoms with van der Waals surface area (Å²) in [6, 6.07) is 10.8. The minimum absolute atomic E-state index is 0. The fraction of sp³-hybridized carbons (Fsp3) is 0. The van der Waals surface area contributed by atoms with Crippen molar-refractivity contribution in [3.8, 4) is 22.4 Å². The zero-order valence-electron chi connectivity index (χ0n) is 12.0. The molecule has 0 fully saturated rings. The number of nitrogens with zero attached hydrogens (tertiary/aromatic N) is 2. The number of carboxylic acids is 1. The van der Waals surface area contributed by atoms with E-state index in [4.69, 9.17) is 5.11 Å². The summed E-state index contributed by atoms with van der Waals surface area (Å²) in [5, 5.41) is 9.00. The van der Waals surface area contributed by atoms with Gasteiger partial charge in [0.1, 0.15) is 11.6 Å². The van der Waals surface area contributed by atoms with Gasteiger partial charge in [-0.1, -0.05) is 17.7 Å². The molecule has 0 atom stereocenters. The van der Waals surface area contributed by atoms with E-state index in [0.717, 1.165) is 12.1 Å². The third kappa shape index (κ3) is 3.52. The summed E-state index contributed by atoms with van der Waals surface area (Å²) in [5.74, 6) is -2.84. The van der Waals surface area contributed by atoms with Crippen molar-refractivity contribution in [2.75, 3.05) is 0 Å². The number of hydrogen-bond acceptors (Lipinski definition) is 3. The second kappa shape index (κ2) is 7.36. The van der Waals surface area contributed by atoms with Crippen LogP contribution in [-0.2, 0) is 19.5 Å². The molecule has 0 aliphatic rings. The van der Waals surface area contributed by atoms with Crippen molar-refractivity contribution in [2.45, 2.75) is 0 Å². The van der Waals surface area contributed by atoms with Gasteiger partial charge < -0.3 is 9.90 Å². The summed E-state index contributed by atoms with van der Waals surface area (Å²) in [5.41, 5.74) is 0.426. The normalized spacial score (nSPS) is 10.1. The fourth-order valence-electron chi connectivity index (χ4n) is 2.21. The smallest absolute Gasteiger partial charge is 0.519 e. The van der Waals surface area contributed by atoms with Crippen LogP contribution in [0.4, 0.5) is 8.78 Å². The Morgan fingerprint density at radius 3 is 2.54 bits per heavy atom. The Hall–Kier alpha value is -2.53. The van der Waals surface area contributed by atoms with Crippen molar-refractivity contribution >= 4 is 5.97 Å². The van der Waals surface area contributed by atoms with Crippen molar-refractivity contribution < 1.29 is 38.2 Å². The average Bonchev–Trinajstić information content (AvgIpc) is 2.55.